The van der Waals surface area contributed by atoms with E-state index in [9.17, 15) is 4.79 Å². The number of nitrogens with zero attached hydrogens (tertiary/aromatic N) is 2. The maximum atomic E-state index is 11.1. The zero-order chi connectivity index (χ0) is 15.3. The molecule has 0 N–H and O–H groups in total. The van der Waals surface area contributed by atoms with Crippen LogP contribution in [0.2, 0.25) is 5.15 Å². The lowest BCUT2D eigenvalue weighted by atomic mass is 10.1. The molecule has 2 aromatic carbocycles. The van der Waals surface area contributed by atoms with E-state index in [0.717, 1.165) is 34.6 Å². The van der Waals surface area contributed by atoms with Crippen molar-refractivity contribution in [3.05, 3.63) is 53.2 Å². The van der Waals surface area contributed by atoms with Crippen LogP contribution in [0.15, 0.2) is 42.5 Å². The van der Waals surface area contributed by atoms with Gasteiger partial charge in [-0.25, -0.2) is 4.98 Å². The monoisotopic (exact) mass is 308 g/mol. The molecule has 4 aromatic rings. The first-order chi connectivity index (χ1) is 10.7. The number of aromatic nitrogens is 2. The van der Waals surface area contributed by atoms with E-state index in [-0.39, 0.29) is 5.15 Å². The van der Waals surface area contributed by atoms with Gasteiger partial charge in [-0.15, -0.1) is 0 Å². The third kappa shape index (κ3) is 1.76. The van der Waals surface area contributed by atoms with Crippen LogP contribution in [0.25, 0.3) is 32.7 Å². The molecule has 4 heteroatoms. The van der Waals surface area contributed by atoms with Crippen molar-refractivity contribution in [2.24, 2.45) is 0 Å². The van der Waals surface area contributed by atoms with E-state index in [0.29, 0.717) is 5.56 Å². The molecule has 0 aliphatic rings. The Labute approximate surface area is 132 Å². The second kappa shape index (κ2) is 4.82. The lowest BCUT2D eigenvalue weighted by Gasteiger charge is -2.05. The molecule has 3 nitrogen and oxygen atoms in total. The van der Waals surface area contributed by atoms with Crippen molar-refractivity contribution in [1.82, 2.24) is 9.55 Å². The number of aryl methyl sites for hydroxylation is 1. The van der Waals surface area contributed by atoms with Crippen LogP contribution in [0.1, 0.15) is 17.3 Å². The highest BCUT2D eigenvalue weighted by Crippen LogP contribution is 2.32. The Morgan fingerprint density at radius 1 is 1.14 bits per heavy atom. The predicted octanol–water partition coefficient (Wildman–Crippen LogP) is 4.83. The fourth-order valence-electron chi connectivity index (χ4n) is 3.13. The Bertz CT molecular complexity index is 1050. The highest BCUT2D eigenvalue weighted by Gasteiger charge is 2.12. The standard InChI is InChI=1S/C18H13ClN2O/c1-2-21-16-6-4-3-5-13(16)14-9-15-11(8-17(14)21)7-12(10-22)18(19)20-15/h3-10H,2H2,1H3. The average molecular weight is 309 g/mol. The number of pyridine rings is 1. The second-order valence-corrected chi connectivity index (χ2v) is 5.67. The van der Waals surface area contributed by atoms with E-state index in [1.807, 2.05) is 12.1 Å². The molecule has 0 amide bonds. The minimum absolute atomic E-state index is 0.251. The Morgan fingerprint density at radius 2 is 1.95 bits per heavy atom. The molecule has 0 aliphatic heterocycles. The molecule has 0 atom stereocenters. The molecule has 0 fully saturated rings. The Hall–Kier alpha value is -2.39. The van der Waals surface area contributed by atoms with Crippen LogP contribution in [0.4, 0.5) is 0 Å². The third-order valence-corrected chi connectivity index (χ3v) is 4.43. The zero-order valence-electron chi connectivity index (χ0n) is 12.0. The molecule has 0 aliphatic carbocycles. The molecule has 2 heterocycles. The van der Waals surface area contributed by atoms with Gasteiger partial charge in [0.25, 0.3) is 0 Å². The maximum absolute atomic E-state index is 11.1. The first kappa shape index (κ1) is 13.3. The number of hydrogen-bond donors (Lipinski definition) is 0. The van der Waals surface area contributed by atoms with Gasteiger partial charge < -0.3 is 4.57 Å². The van der Waals surface area contributed by atoms with Crippen LogP contribution in [-0.2, 0) is 6.54 Å². The van der Waals surface area contributed by atoms with Crippen LogP contribution in [0, 0.1) is 0 Å². The van der Waals surface area contributed by atoms with E-state index in [4.69, 9.17) is 11.6 Å². The molecule has 0 bridgehead atoms. The number of carbonyl (C=O) groups is 1. The summed E-state index contributed by atoms with van der Waals surface area (Å²) in [6.45, 7) is 3.02. The zero-order valence-corrected chi connectivity index (χ0v) is 12.8. The average Bonchev–Trinajstić information content (AvgIpc) is 2.85. The minimum Gasteiger partial charge on any atom is -0.341 e. The molecule has 4 rings (SSSR count). The molecule has 0 unspecified atom stereocenters. The lowest BCUT2D eigenvalue weighted by molar-refractivity contribution is 0.112. The number of rotatable bonds is 2. The van der Waals surface area contributed by atoms with Crippen molar-refractivity contribution < 1.29 is 4.79 Å². The van der Waals surface area contributed by atoms with Gasteiger partial charge in [-0.05, 0) is 31.2 Å². The van der Waals surface area contributed by atoms with Gasteiger partial charge in [0.2, 0.25) is 0 Å². The smallest absolute Gasteiger partial charge is 0.153 e. The molecule has 0 saturated heterocycles. The number of halogens is 1. The van der Waals surface area contributed by atoms with Crippen molar-refractivity contribution in [3.8, 4) is 0 Å². The van der Waals surface area contributed by atoms with Gasteiger partial charge in [-0.3, -0.25) is 4.79 Å². The fraction of sp³-hybridized carbons (Fsp3) is 0.111. The van der Waals surface area contributed by atoms with Crippen molar-refractivity contribution in [1.29, 1.82) is 0 Å². The van der Waals surface area contributed by atoms with Crippen LogP contribution in [0.3, 0.4) is 0 Å². The summed E-state index contributed by atoms with van der Waals surface area (Å²) < 4.78 is 2.28. The van der Waals surface area contributed by atoms with Crippen molar-refractivity contribution in [2.45, 2.75) is 13.5 Å². The summed E-state index contributed by atoms with van der Waals surface area (Å²) in [4.78, 5) is 15.4. The van der Waals surface area contributed by atoms with Crippen LogP contribution >= 0.6 is 11.6 Å². The predicted molar refractivity (Wildman–Crippen MR) is 90.8 cm³/mol. The number of hydrogen-bond acceptors (Lipinski definition) is 2. The SMILES string of the molecule is CCn1c2ccccc2c2cc3nc(Cl)c(C=O)cc3cc21. The highest BCUT2D eigenvalue weighted by atomic mass is 35.5. The van der Waals surface area contributed by atoms with Crippen LogP contribution < -0.4 is 0 Å². The molecule has 0 radical (unpaired) electrons. The normalized spacial score (nSPS) is 11.5. The van der Waals surface area contributed by atoms with Crippen LogP contribution in [-0.4, -0.2) is 15.8 Å². The number of aldehydes is 1. The van der Waals surface area contributed by atoms with Gasteiger partial charge in [-0.1, -0.05) is 29.8 Å². The first-order valence-corrected chi connectivity index (χ1v) is 7.57. The van der Waals surface area contributed by atoms with E-state index >= 15 is 0 Å². The van der Waals surface area contributed by atoms with Crippen molar-refractivity contribution in [2.75, 3.05) is 0 Å². The topological polar surface area (TPSA) is 34.9 Å². The van der Waals surface area contributed by atoms with Gasteiger partial charge in [-0.2, -0.15) is 0 Å². The Kier molecular flexibility index (Phi) is 2.91. The molecule has 0 saturated carbocycles. The van der Waals surface area contributed by atoms with Crippen molar-refractivity contribution in [3.63, 3.8) is 0 Å². The van der Waals surface area contributed by atoms with Crippen LogP contribution in [0.5, 0.6) is 0 Å². The number of fused-ring (bicyclic) bond motifs is 4. The summed E-state index contributed by atoms with van der Waals surface area (Å²) in [5.74, 6) is 0. The van der Waals surface area contributed by atoms with E-state index in [1.54, 1.807) is 6.07 Å². The highest BCUT2D eigenvalue weighted by molar-refractivity contribution is 6.32. The van der Waals surface area contributed by atoms with Gasteiger partial charge in [0.05, 0.1) is 11.1 Å². The number of para-hydroxylation sites is 1. The first-order valence-electron chi connectivity index (χ1n) is 7.19. The summed E-state index contributed by atoms with van der Waals surface area (Å²) in [6, 6.07) is 14.3. The summed E-state index contributed by atoms with van der Waals surface area (Å²) in [7, 11) is 0. The fourth-order valence-corrected chi connectivity index (χ4v) is 3.32. The van der Waals surface area contributed by atoms with E-state index in [1.165, 1.54) is 10.9 Å². The maximum Gasteiger partial charge on any atom is 0.153 e. The number of carbonyl (C=O) groups excluding carboxylic acids is 1. The van der Waals surface area contributed by atoms with Gasteiger partial charge >= 0.3 is 0 Å². The molecule has 108 valence electrons. The molecule has 22 heavy (non-hydrogen) atoms. The van der Waals surface area contributed by atoms with Crippen molar-refractivity contribution >= 4 is 50.6 Å². The quantitative estimate of drug-likeness (QED) is 0.393. The number of benzene rings is 2. The molecule has 2 aromatic heterocycles. The Balaban J connectivity index is 2.21. The van der Waals surface area contributed by atoms with Gasteiger partial charge in [0, 0.05) is 33.7 Å². The third-order valence-electron chi connectivity index (χ3n) is 4.13. The largest absolute Gasteiger partial charge is 0.341 e. The summed E-state index contributed by atoms with van der Waals surface area (Å²) in [6.07, 6.45) is 0.744. The Morgan fingerprint density at radius 3 is 2.73 bits per heavy atom. The molecular weight excluding hydrogens is 296 g/mol. The van der Waals surface area contributed by atoms with E-state index in [2.05, 4.69) is 40.7 Å². The minimum atomic E-state index is 0.251. The van der Waals surface area contributed by atoms with E-state index < -0.39 is 0 Å². The second-order valence-electron chi connectivity index (χ2n) is 5.31. The lowest BCUT2D eigenvalue weighted by Crippen LogP contribution is -1.93. The van der Waals surface area contributed by atoms with Gasteiger partial charge in [0.1, 0.15) is 5.15 Å². The van der Waals surface area contributed by atoms with Gasteiger partial charge in [0.15, 0.2) is 6.29 Å². The summed E-state index contributed by atoms with van der Waals surface area (Å²) >= 11 is 6.06. The molecular formula is C18H13ClN2O. The summed E-state index contributed by atoms with van der Waals surface area (Å²) in [5, 5.41) is 3.54. The molecule has 0 spiro atoms. The summed E-state index contributed by atoms with van der Waals surface area (Å²) in [5.41, 5.74) is 3.59.